The lowest BCUT2D eigenvalue weighted by Gasteiger charge is -2.27. The monoisotopic (exact) mass is 398 g/mol. The average molecular weight is 399 g/mol. The fraction of sp³-hybridized carbons (Fsp3) is 0.500. The van der Waals surface area contributed by atoms with Crippen molar-refractivity contribution >= 4 is 17.4 Å². The number of fused-ring (bicyclic) bond motifs is 2. The quantitative estimate of drug-likeness (QED) is 0.538. The molecular weight excluding hydrogens is 372 g/mol. The summed E-state index contributed by atoms with van der Waals surface area (Å²) in [5.74, 6) is 0.962. The Morgan fingerprint density at radius 1 is 1.25 bits per heavy atom. The van der Waals surface area contributed by atoms with Crippen LogP contribution in [-0.4, -0.2) is 41.8 Å². The number of hydrogen-bond acceptors (Lipinski definition) is 6. The molecule has 1 N–H and O–H groups in total. The van der Waals surface area contributed by atoms with E-state index in [-0.39, 0.29) is 11.0 Å². The Morgan fingerprint density at radius 2 is 2.00 bits per heavy atom. The summed E-state index contributed by atoms with van der Waals surface area (Å²) in [5.41, 5.74) is 4.43. The summed E-state index contributed by atoms with van der Waals surface area (Å²) in [6, 6.07) is 1.99. The molecule has 4 heterocycles. The molecule has 1 aliphatic heterocycles. The van der Waals surface area contributed by atoms with Crippen LogP contribution in [0.15, 0.2) is 28.4 Å². The van der Waals surface area contributed by atoms with Gasteiger partial charge < -0.3 is 0 Å². The van der Waals surface area contributed by atoms with E-state index in [1.807, 2.05) is 18.5 Å². The number of rotatable bonds is 4. The molecule has 3 aromatic heterocycles. The molecule has 7 nitrogen and oxygen atoms in total. The number of thioether (sulfide) groups is 1. The number of aromatic amines is 1. The van der Waals surface area contributed by atoms with Crippen molar-refractivity contribution in [3.05, 3.63) is 51.3 Å². The minimum Gasteiger partial charge on any atom is -0.294 e. The molecule has 148 valence electrons. The zero-order valence-corrected chi connectivity index (χ0v) is 17.6. The van der Waals surface area contributed by atoms with Crippen molar-refractivity contribution in [1.29, 1.82) is 0 Å². The molecule has 28 heavy (non-hydrogen) atoms. The van der Waals surface area contributed by atoms with E-state index < -0.39 is 0 Å². The highest BCUT2D eigenvalue weighted by atomic mass is 32.2. The van der Waals surface area contributed by atoms with E-state index in [0.717, 1.165) is 52.9 Å². The van der Waals surface area contributed by atoms with Crippen LogP contribution in [0.3, 0.4) is 0 Å². The highest BCUT2D eigenvalue weighted by Crippen LogP contribution is 2.23. The second-order valence-corrected chi connectivity index (χ2v) is 9.45. The maximum atomic E-state index is 13.1. The van der Waals surface area contributed by atoms with Gasteiger partial charge >= 0.3 is 0 Å². The fourth-order valence-corrected chi connectivity index (χ4v) is 3.96. The van der Waals surface area contributed by atoms with E-state index in [2.05, 4.69) is 47.7 Å². The van der Waals surface area contributed by atoms with Gasteiger partial charge in [0.1, 0.15) is 0 Å². The molecule has 0 saturated heterocycles. The van der Waals surface area contributed by atoms with Crippen LogP contribution in [0.5, 0.6) is 0 Å². The molecule has 8 heteroatoms. The third-order valence-electron chi connectivity index (χ3n) is 5.01. The molecule has 0 aliphatic carbocycles. The molecule has 0 radical (unpaired) electrons. The lowest BCUT2D eigenvalue weighted by Crippen LogP contribution is -2.36. The highest BCUT2D eigenvalue weighted by molar-refractivity contribution is 7.99. The summed E-state index contributed by atoms with van der Waals surface area (Å²) in [4.78, 5) is 28.9. The zero-order valence-electron chi connectivity index (χ0n) is 16.8. The summed E-state index contributed by atoms with van der Waals surface area (Å²) in [5, 5.41) is 4.04. The van der Waals surface area contributed by atoms with Gasteiger partial charge in [-0.1, -0.05) is 39.5 Å². The fourth-order valence-electron chi connectivity index (χ4n) is 3.44. The Labute approximate surface area is 168 Å². The normalized spacial score (nSPS) is 15.1. The van der Waals surface area contributed by atoms with Gasteiger partial charge in [0.25, 0.3) is 5.56 Å². The first kappa shape index (κ1) is 19.1. The van der Waals surface area contributed by atoms with Crippen LogP contribution in [0, 0.1) is 0 Å². The van der Waals surface area contributed by atoms with Crippen LogP contribution in [0.4, 0.5) is 0 Å². The SMILES string of the molecule is CCSc1ncc(CN2CCc3nc4cc(C(C)(C)C)[nH]n4c(=O)c3C2)cn1. The van der Waals surface area contributed by atoms with Crippen LogP contribution in [0.2, 0.25) is 0 Å². The van der Waals surface area contributed by atoms with Crippen molar-refractivity contribution in [2.75, 3.05) is 12.3 Å². The molecule has 4 rings (SSSR count). The maximum Gasteiger partial charge on any atom is 0.277 e. The minimum atomic E-state index is -0.0606. The molecule has 0 saturated carbocycles. The molecule has 0 atom stereocenters. The summed E-state index contributed by atoms with van der Waals surface area (Å²) in [6.07, 6.45) is 4.55. The first-order valence-electron chi connectivity index (χ1n) is 9.65. The van der Waals surface area contributed by atoms with Gasteiger partial charge in [-0.15, -0.1) is 0 Å². The van der Waals surface area contributed by atoms with E-state index in [9.17, 15) is 4.79 Å². The molecule has 0 amide bonds. The van der Waals surface area contributed by atoms with Crippen LogP contribution in [0.1, 0.15) is 50.2 Å². The van der Waals surface area contributed by atoms with E-state index in [0.29, 0.717) is 12.2 Å². The van der Waals surface area contributed by atoms with Gasteiger partial charge in [0.05, 0.1) is 11.3 Å². The Hall–Kier alpha value is -2.19. The summed E-state index contributed by atoms with van der Waals surface area (Å²) < 4.78 is 1.59. The zero-order chi connectivity index (χ0) is 19.9. The van der Waals surface area contributed by atoms with Crippen LogP contribution in [0.25, 0.3) is 5.65 Å². The van der Waals surface area contributed by atoms with E-state index in [1.54, 1.807) is 16.3 Å². The van der Waals surface area contributed by atoms with Crippen molar-refractivity contribution in [3.8, 4) is 0 Å². The lowest BCUT2D eigenvalue weighted by molar-refractivity contribution is 0.241. The van der Waals surface area contributed by atoms with Crippen molar-refractivity contribution in [2.45, 2.75) is 57.8 Å². The third kappa shape index (κ3) is 3.71. The first-order chi connectivity index (χ1) is 13.3. The first-order valence-corrected chi connectivity index (χ1v) is 10.6. The van der Waals surface area contributed by atoms with Crippen molar-refractivity contribution in [3.63, 3.8) is 0 Å². The maximum absolute atomic E-state index is 13.1. The molecule has 0 spiro atoms. The largest absolute Gasteiger partial charge is 0.294 e. The Bertz CT molecular complexity index is 1050. The molecule has 0 bridgehead atoms. The number of aromatic nitrogens is 5. The van der Waals surface area contributed by atoms with Gasteiger partial charge in [-0.05, 0) is 5.75 Å². The summed E-state index contributed by atoms with van der Waals surface area (Å²) in [7, 11) is 0. The number of H-pyrrole nitrogens is 1. The molecule has 0 fully saturated rings. The Morgan fingerprint density at radius 3 is 2.68 bits per heavy atom. The van der Waals surface area contributed by atoms with Gasteiger partial charge in [0, 0.05) is 61.2 Å². The molecule has 3 aromatic rings. The van der Waals surface area contributed by atoms with E-state index in [4.69, 9.17) is 4.98 Å². The van der Waals surface area contributed by atoms with Gasteiger partial charge in [0.2, 0.25) is 0 Å². The highest BCUT2D eigenvalue weighted by Gasteiger charge is 2.24. The minimum absolute atomic E-state index is 0.00569. The molecule has 1 aliphatic rings. The van der Waals surface area contributed by atoms with Crippen molar-refractivity contribution in [2.24, 2.45) is 0 Å². The van der Waals surface area contributed by atoms with Crippen LogP contribution in [-0.2, 0) is 24.9 Å². The van der Waals surface area contributed by atoms with Crippen LogP contribution < -0.4 is 5.56 Å². The lowest BCUT2D eigenvalue weighted by atomic mass is 9.93. The number of nitrogens with one attached hydrogen (secondary N) is 1. The number of nitrogens with zero attached hydrogens (tertiary/aromatic N) is 5. The second kappa shape index (κ2) is 7.33. The predicted molar refractivity (Wildman–Crippen MR) is 111 cm³/mol. The topological polar surface area (TPSA) is 79.2 Å². The molecule has 0 unspecified atom stereocenters. The second-order valence-electron chi connectivity index (χ2n) is 8.22. The standard InChI is InChI=1S/C20H26N6OS/c1-5-28-19-21-9-13(10-22-19)11-25-7-6-15-14(12-25)18(27)26-17(23-15)8-16(24-26)20(2,3)4/h8-10,24H,5-7,11-12H2,1-4H3. The van der Waals surface area contributed by atoms with E-state index in [1.165, 1.54) is 0 Å². The van der Waals surface area contributed by atoms with Crippen LogP contribution >= 0.6 is 11.8 Å². The van der Waals surface area contributed by atoms with Gasteiger partial charge in [-0.3, -0.25) is 14.8 Å². The van der Waals surface area contributed by atoms with Gasteiger partial charge in [-0.2, -0.15) is 0 Å². The number of hydrogen-bond donors (Lipinski definition) is 1. The Balaban J connectivity index is 1.58. The smallest absolute Gasteiger partial charge is 0.277 e. The molecular formula is C20H26N6OS. The van der Waals surface area contributed by atoms with Gasteiger partial charge in [0.15, 0.2) is 10.8 Å². The Kier molecular flexibility index (Phi) is 5.01. The van der Waals surface area contributed by atoms with E-state index >= 15 is 0 Å². The molecule has 0 aromatic carbocycles. The van der Waals surface area contributed by atoms with Crippen molar-refractivity contribution < 1.29 is 0 Å². The van der Waals surface area contributed by atoms with Gasteiger partial charge in [-0.25, -0.2) is 19.5 Å². The summed E-state index contributed by atoms with van der Waals surface area (Å²) in [6.45, 7) is 10.7. The summed E-state index contributed by atoms with van der Waals surface area (Å²) >= 11 is 1.64. The van der Waals surface area contributed by atoms with Crippen molar-refractivity contribution in [1.82, 2.24) is 29.5 Å². The predicted octanol–water partition coefficient (Wildman–Crippen LogP) is 2.78. The average Bonchev–Trinajstić information content (AvgIpc) is 3.09. The third-order valence-corrected chi connectivity index (χ3v) is 5.77.